The zero-order valence-electron chi connectivity index (χ0n) is 14.7. The molecule has 7 nitrogen and oxygen atoms in total. The van der Waals surface area contributed by atoms with Crippen molar-refractivity contribution in [3.8, 4) is 22.1 Å². The Hall–Kier alpha value is -3.00. The van der Waals surface area contributed by atoms with Gasteiger partial charge in [0, 0.05) is 11.4 Å². The fourth-order valence-corrected chi connectivity index (χ4v) is 3.37. The van der Waals surface area contributed by atoms with Crippen molar-refractivity contribution in [1.82, 2.24) is 10.5 Å². The summed E-state index contributed by atoms with van der Waals surface area (Å²) in [6.45, 7) is 2.28. The summed E-state index contributed by atoms with van der Waals surface area (Å²) in [5.74, 6) is 0.871. The fourth-order valence-electron chi connectivity index (χ4n) is 2.51. The molecule has 3 rings (SSSR count). The molecule has 0 fully saturated rings. The van der Waals surface area contributed by atoms with E-state index in [0.717, 1.165) is 15.3 Å². The summed E-state index contributed by atoms with van der Waals surface area (Å²) in [7, 11) is 3.13. The number of nitrogens with two attached hydrogens (primary N) is 1. The molecule has 0 radical (unpaired) electrons. The molecule has 3 N–H and O–H groups in total. The van der Waals surface area contributed by atoms with Gasteiger partial charge in [-0.05, 0) is 36.8 Å². The minimum atomic E-state index is -0.348. The third-order valence-corrected chi connectivity index (χ3v) is 4.83. The lowest BCUT2D eigenvalue weighted by Gasteiger charge is -2.10. The molecule has 2 aromatic heterocycles. The summed E-state index contributed by atoms with van der Waals surface area (Å²) in [4.78, 5) is 14.6. The van der Waals surface area contributed by atoms with Crippen LogP contribution in [0.3, 0.4) is 0 Å². The Labute approximate surface area is 154 Å². The van der Waals surface area contributed by atoms with Gasteiger partial charge in [-0.25, -0.2) is 0 Å². The number of ether oxygens (including phenoxy) is 2. The lowest BCUT2D eigenvalue weighted by Crippen LogP contribution is -2.23. The van der Waals surface area contributed by atoms with E-state index in [1.165, 1.54) is 11.3 Å². The van der Waals surface area contributed by atoms with Crippen LogP contribution in [0.5, 0.6) is 11.5 Å². The number of aromatic nitrogens is 1. The summed E-state index contributed by atoms with van der Waals surface area (Å²) in [6, 6.07) is 9.29. The topological polar surface area (TPSA) is 99.6 Å². The molecule has 8 heteroatoms. The maximum Gasteiger partial charge on any atom is 0.259 e. The summed E-state index contributed by atoms with van der Waals surface area (Å²) in [5, 5.41) is 6.78. The van der Waals surface area contributed by atoms with E-state index < -0.39 is 0 Å². The van der Waals surface area contributed by atoms with Crippen molar-refractivity contribution in [3.05, 3.63) is 46.3 Å². The second-order valence-electron chi connectivity index (χ2n) is 5.55. The molecule has 0 bridgehead atoms. The highest BCUT2D eigenvalue weighted by Gasteiger charge is 2.23. The lowest BCUT2D eigenvalue weighted by atomic mass is 10.1. The van der Waals surface area contributed by atoms with Gasteiger partial charge in [-0.1, -0.05) is 11.2 Å². The summed E-state index contributed by atoms with van der Waals surface area (Å²) < 4.78 is 15.5. The van der Waals surface area contributed by atoms with Crippen molar-refractivity contribution in [2.75, 3.05) is 20.0 Å². The first-order chi connectivity index (χ1) is 12.5. The van der Waals surface area contributed by atoms with E-state index in [-0.39, 0.29) is 17.4 Å². The number of hydrogen-bond donors (Lipinski definition) is 2. The van der Waals surface area contributed by atoms with E-state index in [1.807, 2.05) is 25.1 Å². The molecule has 0 unspecified atom stereocenters. The zero-order chi connectivity index (χ0) is 18.7. The normalized spacial score (nSPS) is 10.6. The minimum Gasteiger partial charge on any atom is -0.493 e. The number of aryl methyl sites for hydroxylation is 1. The van der Waals surface area contributed by atoms with Gasteiger partial charge in [0.1, 0.15) is 11.3 Å². The Balaban J connectivity index is 1.78. The van der Waals surface area contributed by atoms with Crippen molar-refractivity contribution in [2.24, 2.45) is 0 Å². The van der Waals surface area contributed by atoms with E-state index in [2.05, 4.69) is 10.5 Å². The summed E-state index contributed by atoms with van der Waals surface area (Å²) in [5.41, 5.74) is 7.37. The van der Waals surface area contributed by atoms with Crippen LogP contribution >= 0.6 is 11.3 Å². The van der Waals surface area contributed by atoms with Crippen LogP contribution in [0.2, 0.25) is 0 Å². The number of nitrogens with zero attached hydrogens (tertiary/aromatic N) is 1. The lowest BCUT2D eigenvalue weighted by molar-refractivity contribution is 0.0952. The van der Waals surface area contributed by atoms with Crippen LogP contribution in [-0.4, -0.2) is 25.3 Å². The van der Waals surface area contributed by atoms with Crippen molar-refractivity contribution >= 4 is 23.1 Å². The standard InChI is InChI=1S/C18H19N3O4S/c1-10-4-7-14(26-10)16-15(17(19)25-21-16)18(22)20-9-11-5-6-12(23-2)13(8-11)24-3/h4-8H,9,19H2,1-3H3,(H,20,22). The number of methoxy groups -OCH3 is 2. The summed E-state index contributed by atoms with van der Waals surface area (Å²) >= 11 is 1.52. The van der Waals surface area contributed by atoms with E-state index in [4.69, 9.17) is 19.7 Å². The van der Waals surface area contributed by atoms with Crippen LogP contribution in [-0.2, 0) is 6.54 Å². The number of amides is 1. The molecular weight excluding hydrogens is 354 g/mol. The number of carbonyl (C=O) groups excluding carboxylic acids is 1. The van der Waals surface area contributed by atoms with Crippen molar-refractivity contribution in [3.63, 3.8) is 0 Å². The van der Waals surface area contributed by atoms with Crippen LogP contribution in [0.1, 0.15) is 20.8 Å². The van der Waals surface area contributed by atoms with Crippen molar-refractivity contribution < 1.29 is 18.8 Å². The van der Waals surface area contributed by atoms with Crippen LogP contribution in [0.4, 0.5) is 5.88 Å². The van der Waals surface area contributed by atoms with Gasteiger partial charge in [0.05, 0.1) is 19.1 Å². The summed E-state index contributed by atoms with van der Waals surface area (Å²) in [6.07, 6.45) is 0. The predicted octanol–water partition coefficient (Wildman–Crippen LogP) is 3.24. The number of rotatable bonds is 6. The monoisotopic (exact) mass is 373 g/mol. The third-order valence-electron chi connectivity index (χ3n) is 3.82. The molecule has 1 amide bonds. The Morgan fingerprint density at radius 2 is 2.00 bits per heavy atom. The molecule has 136 valence electrons. The van der Waals surface area contributed by atoms with Gasteiger partial charge in [0.2, 0.25) is 5.88 Å². The van der Waals surface area contributed by atoms with E-state index in [1.54, 1.807) is 26.4 Å². The van der Waals surface area contributed by atoms with E-state index in [0.29, 0.717) is 23.7 Å². The number of thiophene rings is 1. The average Bonchev–Trinajstić information content (AvgIpc) is 3.24. The van der Waals surface area contributed by atoms with E-state index >= 15 is 0 Å². The molecule has 0 atom stereocenters. The largest absolute Gasteiger partial charge is 0.493 e. The second-order valence-corrected chi connectivity index (χ2v) is 6.84. The quantitative estimate of drug-likeness (QED) is 0.688. The average molecular weight is 373 g/mol. The maximum atomic E-state index is 12.6. The number of nitrogen functional groups attached to an aromatic ring is 1. The highest BCUT2D eigenvalue weighted by molar-refractivity contribution is 7.15. The zero-order valence-corrected chi connectivity index (χ0v) is 15.5. The molecule has 26 heavy (non-hydrogen) atoms. The number of anilines is 1. The Morgan fingerprint density at radius 1 is 1.23 bits per heavy atom. The van der Waals surface area contributed by atoms with Gasteiger partial charge < -0.3 is 25.0 Å². The maximum absolute atomic E-state index is 12.6. The van der Waals surface area contributed by atoms with Crippen LogP contribution < -0.4 is 20.5 Å². The number of benzene rings is 1. The van der Waals surface area contributed by atoms with Gasteiger partial charge in [-0.15, -0.1) is 11.3 Å². The molecular formula is C18H19N3O4S. The molecule has 0 aliphatic heterocycles. The highest BCUT2D eigenvalue weighted by Crippen LogP contribution is 2.32. The molecule has 2 heterocycles. The van der Waals surface area contributed by atoms with Gasteiger partial charge in [-0.2, -0.15) is 0 Å². The number of hydrogen-bond acceptors (Lipinski definition) is 7. The minimum absolute atomic E-state index is 0.00383. The predicted molar refractivity (Wildman–Crippen MR) is 99.7 cm³/mol. The van der Waals surface area contributed by atoms with Crippen molar-refractivity contribution in [1.29, 1.82) is 0 Å². The van der Waals surface area contributed by atoms with E-state index in [9.17, 15) is 4.79 Å². The first-order valence-electron chi connectivity index (χ1n) is 7.84. The van der Waals surface area contributed by atoms with Crippen molar-refractivity contribution in [2.45, 2.75) is 13.5 Å². The van der Waals surface area contributed by atoms with Crippen LogP contribution in [0, 0.1) is 6.92 Å². The number of carbonyl (C=O) groups is 1. The highest BCUT2D eigenvalue weighted by atomic mass is 32.1. The first-order valence-corrected chi connectivity index (χ1v) is 8.66. The van der Waals surface area contributed by atoms with Gasteiger partial charge in [0.25, 0.3) is 5.91 Å². The third kappa shape index (κ3) is 3.50. The smallest absolute Gasteiger partial charge is 0.259 e. The molecule has 0 spiro atoms. The fraction of sp³-hybridized carbons (Fsp3) is 0.222. The van der Waals surface area contributed by atoms with Crippen LogP contribution in [0.15, 0.2) is 34.9 Å². The Bertz CT molecular complexity index is 932. The Morgan fingerprint density at radius 3 is 2.65 bits per heavy atom. The molecule has 0 aliphatic carbocycles. The Kier molecular flexibility index (Phi) is 5.13. The number of nitrogens with one attached hydrogen (secondary N) is 1. The molecule has 1 aromatic carbocycles. The molecule has 0 aliphatic rings. The van der Waals surface area contributed by atoms with Gasteiger partial charge in [0.15, 0.2) is 11.5 Å². The molecule has 0 saturated carbocycles. The molecule has 0 saturated heterocycles. The van der Waals surface area contributed by atoms with Gasteiger partial charge >= 0.3 is 0 Å². The SMILES string of the molecule is COc1ccc(CNC(=O)c2c(-c3ccc(C)s3)noc2N)cc1OC. The van der Waals surface area contributed by atoms with Crippen LogP contribution in [0.25, 0.3) is 10.6 Å². The first kappa shape index (κ1) is 17.8. The second kappa shape index (κ2) is 7.49. The van der Waals surface area contributed by atoms with Gasteiger partial charge in [-0.3, -0.25) is 4.79 Å². The molecule has 3 aromatic rings.